The summed E-state index contributed by atoms with van der Waals surface area (Å²) >= 11 is 0. The van der Waals surface area contributed by atoms with E-state index in [0.717, 1.165) is 0 Å². The van der Waals surface area contributed by atoms with Gasteiger partial charge in [0.25, 0.3) is 5.91 Å². The quantitative estimate of drug-likeness (QED) is 0.723. The van der Waals surface area contributed by atoms with Crippen molar-refractivity contribution in [2.45, 2.75) is 13.8 Å². The third kappa shape index (κ3) is 4.27. The zero-order valence-electron chi connectivity index (χ0n) is 10.6. The highest BCUT2D eigenvalue weighted by molar-refractivity contribution is 6.10. The molecule has 19 heavy (non-hydrogen) atoms. The second-order valence-electron chi connectivity index (χ2n) is 3.83. The SMILES string of the molecule is CC(C(=O)O)=C(C)C(=O)NC(=O)Nc1ccccc1. The number of benzene rings is 1. The van der Waals surface area contributed by atoms with Crippen molar-refractivity contribution < 1.29 is 19.5 Å². The van der Waals surface area contributed by atoms with Gasteiger partial charge in [0.05, 0.1) is 0 Å². The van der Waals surface area contributed by atoms with E-state index in [1.807, 2.05) is 0 Å². The van der Waals surface area contributed by atoms with Crippen LogP contribution in [0.15, 0.2) is 41.5 Å². The third-order valence-corrected chi connectivity index (χ3v) is 2.48. The average Bonchev–Trinajstić information content (AvgIpc) is 2.37. The van der Waals surface area contributed by atoms with Crippen molar-refractivity contribution in [2.75, 3.05) is 5.32 Å². The number of aliphatic carboxylic acids is 1. The maximum absolute atomic E-state index is 11.6. The standard InChI is InChI=1S/C13H14N2O4/c1-8(9(2)12(17)18)11(16)15-13(19)14-10-6-4-3-5-7-10/h3-7H,1-2H3,(H,17,18)(H2,14,15,16,19). The minimum absolute atomic E-state index is 0.0179. The molecule has 100 valence electrons. The van der Waals surface area contributed by atoms with Crippen molar-refractivity contribution in [3.05, 3.63) is 41.5 Å². The molecule has 0 aliphatic rings. The Kier molecular flexibility index (Phi) is 4.82. The summed E-state index contributed by atoms with van der Waals surface area (Å²) in [5.74, 6) is -1.94. The molecule has 3 amide bonds. The zero-order chi connectivity index (χ0) is 14.4. The normalized spacial score (nSPS) is 11.3. The number of rotatable bonds is 3. The summed E-state index contributed by atoms with van der Waals surface area (Å²) in [6.07, 6.45) is 0. The van der Waals surface area contributed by atoms with Gasteiger partial charge in [-0.2, -0.15) is 0 Å². The van der Waals surface area contributed by atoms with Gasteiger partial charge in [-0.1, -0.05) is 18.2 Å². The monoisotopic (exact) mass is 262 g/mol. The second kappa shape index (κ2) is 6.34. The number of hydrogen-bond acceptors (Lipinski definition) is 3. The van der Waals surface area contributed by atoms with E-state index in [9.17, 15) is 14.4 Å². The number of hydrogen-bond donors (Lipinski definition) is 3. The molecule has 0 aromatic heterocycles. The fraction of sp³-hybridized carbons (Fsp3) is 0.154. The second-order valence-corrected chi connectivity index (χ2v) is 3.83. The minimum Gasteiger partial charge on any atom is -0.478 e. The topological polar surface area (TPSA) is 95.5 Å². The Labute approximate surface area is 110 Å². The molecule has 1 rings (SSSR count). The number of imide groups is 1. The molecule has 1 aromatic carbocycles. The van der Waals surface area contributed by atoms with Gasteiger partial charge in [-0.15, -0.1) is 0 Å². The molecule has 0 atom stereocenters. The van der Waals surface area contributed by atoms with Gasteiger partial charge in [0.1, 0.15) is 0 Å². The van der Waals surface area contributed by atoms with Crippen LogP contribution in [0.1, 0.15) is 13.8 Å². The predicted molar refractivity (Wildman–Crippen MR) is 69.6 cm³/mol. The van der Waals surface area contributed by atoms with Gasteiger partial charge in [0.15, 0.2) is 0 Å². The van der Waals surface area contributed by atoms with Crippen LogP contribution in [0.25, 0.3) is 0 Å². The fourth-order valence-corrected chi connectivity index (χ4v) is 1.21. The van der Waals surface area contributed by atoms with E-state index in [4.69, 9.17) is 5.11 Å². The highest BCUT2D eigenvalue weighted by Crippen LogP contribution is 2.06. The summed E-state index contributed by atoms with van der Waals surface area (Å²) in [6.45, 7) is 2.64. The first kappa shape index (κ1) is 14.4. The van der Waals surface area contributed by atoms with Crippen molar-refractivity contribution in [3.8, 4) is 0 Å². The van der Waals surface area contributed by atoms with E-state index in [-0.39, 0.29) is 11.1 Å². The van der Waals surface area contributed by atoms with Gasteiger partial charge < -0.3 is 10.4 Å². The molecule has 0 fully saturated rings. The molecule has 0 aliphatic heterocycles. The number of urea groups is 1. The molecule has 0 spiro atoms. The summed E-state index contributed by atoms with van der Waals surface area (Å²) in [7, 11) is 0. The predicted octanol–water partition coefficient (Wildman–Crippen LogP) is 1.76. The number of amides is 3. The Morgan fingerprint density at radius 1 is 1.00 bits per heavy atom. The first-order chi connectivity index (χ1) is 8.91. The lowest BCUT2D eigenvalue weighted by molar-refractivity contribution is -0.133. The van der Waals surface area contributed by atoms with Gasteiger partial charge in [0.2, 0.25) is 0 Å². The van der Waals surface area contributed by atoms with Crippen LogP contribution in [-0.4, -0.2) is 23.0 Å². The molecule has 0 bridgehead atoms. The van der Waals surface area contributed by atoms with Crippen LogP contribution < -0.4 is 10.6 Å². The minimum atomic E-state index is -1.20. The molecule has 6 heteroatoms. The summed E-state index contributed by atoms with van der Waals surface area (Å²) in [4.78, 5) is 33.8. The lowest BCUT2D eigenvalue weighted by atomic mass is 10.1. The van der Waals surface area contributed by atoms with E-state index in [1.165, 1.54) is 13.8 Å². The number of carboxylic acid groups (broad SMARTS) is 1. The van der Waals surface area contributed by atoms with Crippen LogP contribution in [0, 0.1) is 0 Å². The van der Waals surface area contributed by atoms with Gasteiger partial charge in [-0.05, 0) is 26.0 Å². The third-order valence-electron chi connectivity index (χ3n) is 2.48. The Hall–Kier alpha value is -2.63. The first-order valence-corrected chi connectivity index (χ1v) is 5.50. The van der Waals surface area contributed by atoms with Crippen molar-refractivity contribution in [2.24, 2.45) is 0 Å². The molecular formula is C13H14N2O4. The maximum atomic E-state index is 11.6. The average molecular weight is 262 g/mol. The number of carbonyl (C=O) groups is 3. The van der Waals surface area contributed by atoms with Crippen LogP contribution in [0.2, 0.25) is 0 Å². The first-order valence-electron chi connectivity index (χ1n) is 5.50. The number of carboxylic acids is 1. The largest absolute Gasteiger partial charge is 0.478 e. The molecule has 6 nitrogen and oxygen atoms in total. The smallest absolute Gasteiger partial charge is 0.331 e. The van der Waals surface area contributed by atoms with Gasteiger partial charge in [0, 0.05) is 16.8 Å². The van der Waals surface area contributed by atoms with E-state index >= 15 is 0 Å². The highest BCUT2D eigenvalue weighted by Gasteiger charge is 2.15. The van der Waals surface area contributed by atoms with Crippen molar-refractivity contribution in [3.63, 3.8) is 0 Å². The molecule has 0 heterocycles. The lowest BCUT2D eigenvalue weighted by Crippen LogP contribution is -2.35. The summed E-state index contributed by atoms with van der Waals surface area (Å²) < 4.78 is 0. The zero-order valence-corrected chi connectivity index (χ0v) is 10.6. The molecule has 0 saturated carbocycles. The Bertz CT molecular complexity index is 535. The molecular weight excluding hydrogens is 248 g/mol. The van der Waals surface area contributed by atoms with Crippen molar-refractivity contribution in [1.29, 1.82) is 0 Å². The number of carbonyl (C=O) groups excluding carboxylic acids is 2. The van der Waals surface area contributed by atoms with E-state index in [0.29, 0.717) is 5.69 Å². The summed E-state index contributed by atoms with van der Waals surface area (Å²) in [5.41, 5.74) is 0.408. The molecule has 0 radical (unpaired) electrons. The van der Waals surface area contributed by atoms with Gasteiger partial charge >= 0.3 is 12.0 Å². The van der Waals surface area contributed by atoms with Crippen LogP contribution in [0.5, 0.6) is 0 Å². The molecule has 1 aromatic rings. The number of anilines is 1. The Morgan fingerprint density at radius 2 is 1.58 bits per heavy atom. The van der Waals surface area contributed by atoms with Gasteiger partial charge in [-0.3, -0.25) is 10.1 Å². The molecule has 3 N–H and O–H groups in total. The van der Waals surface area contributed by atoms with Crippen LogP contribution >= 0.6 is 0 Å². The maximum Gasteiger partial charge on any atom is 0.331 e. The van der Waals surface area contributed by atoms with E-state index < -0.39 is 17.9 Å². The summed E-state index contributed by atoms with van der Waals surface area (Å²) in [5, 5.41) is 13.2. The molecule has 0 saturated heterocycles. The van der Waals surface area contributed by atoms with E-state index in [2.05, 4.69) is 10.6 Å². The van der Waals surface area contributed by atoms with Crippen LogP contribution in [-0.2, 0) is 9.59 Å². The van der Waals surface area contributed by atoms with E-state index in [1.54, 1.807) is 30.3 Å². The lowest BCUT2D eigenvalue weighted by Gasteiger charge is -2.07. The van der Waals surface area contributed by atoms with Crippen molar-refractivity contribution >= 4 is 23.6 Å². The fourth-order valence-electron chi connectivity index (χ4n) is 1.21. The number of nitrogens with one attached hydrogen (secondary N) is 2. The van der Waals surface area contributed by atoms with Crippen molar-refractivity contribution in [1.82, 2.24) is 5.32 Å². The highest BCUT2D eigenvalue weighted by atomic mass is 16.4. The molecule has 0 unspecified atom stereocenters. The molecule has 0 aliphatic carbocycles. The Balaban J connectivity index is 2.66. The number of para-hydroxylation sites is 1. The van der Waals surface area contributed by atoms with Gasteiger partial charge in [-0.25, -0.2) is 9.59 Å². The Morgan fingerprint density at radius 3 is 2.11 bits per heavy atom. The van der Waals surface area contributed by atoms with Crippen LogP contribution in [0.3, 0.4) is 0 Å². The van der Waals surface area contributed by atoms with Crippen LogP contribution in [0.4, 0.5) is 10.5 Å². The summed E-state index contributed by atoms with van der Waals surface area (Å²) in [6, 6.07) is 7.87.